The standard InChI is InChI=1S/C27H24BrN7O3.C21H21N5O2.C6H5BrN2O.C2HF3O.CH4.S6/c1-14(36)26-19-8-16(18-11-29-15(2)30-12-18)6-7-20(19)34(33-26)13-23(37)22-10-17-9-21(17)35(22)27(38)32-25-5-3-4-24(28)31-25;1-11(27)21-16-5-13(15-8-22-12(2)23-9-15)3-4-19(16)26(25-21)10-20(28)18-7-14-6-17(14)24-18;7-5-2-1-3-6(9-5)8-4-10;3-2(4,5)1-6;;1-3-5-6-4-2/h3-8,11-12,17,21-22H,9-10,13H2,1-2H3,(H,31,32,38);3-5,8-9,14,17-18,24H,6-7,10H2,1-2H3;1-4H,(H,8,9,10);1H;1H4;/t17-,21-,22+;14-,17-,18+;;;;/m11..../s1. The topological polar surface area (TPSA) is 272 Å². The molecule has 0 unspecified atom stereocenters. The third-order valence-electron chi connectivity index (χ3n) is 14.1. The van der Waals surface area contributed by atoms with E-state index in [1.54, 1.807) is 75.4 Å². The molecule has 2 aliphatic heterocycles. The van der Waals surface area contributed by atoms with Crippen molar-refractivity contribution in [3.8, 4) is 22.3 Å². The van der Waals surface area contributed by atoms with Crippen LogP contribution in [0.4, 0.5) is 29.6 Å². The lowest BCUT2D eigenvalue weighted by atomic mass is 10.0. The molecular formula is C57H55Br2F3N14O7S6. The molecule has 466 valence electrons. The molecule has 6 aromatic heterocycles. The van der Waals surface area contributed by atoms with Crippen LogP contribution in [0, 0.1) is 25.7 Å². The van der Waals surface area contributed by atoms with Crippen LogP contribution in [0.25, 0.3) is 44.1 Å². The number of benzene rings is 2. The molecule has 21 nitrogen and oxygen atoms in total. The number of carbonyl (C=O) groups excluding carboxylic acids is 7. The van der Waals surface area contributed by atoms with Gasteiger partial charge in [-0.05, 0) is 143 Å². The van der Waals surface area contributed by atoms with Gasteiger partial charge < -0.3 is 15.5 Å². The lowest BCUT2D eigenvalue weighted by Gasteiger charge is -2.26. The molecule has 4 aliphatic rings. The van der Waals surface area contributed by atoms with Crippen LogP contribution >= 0.6 is 31.9 Å². The molecule has 2 aliphatic carbocycles. The Bertz CT molecular complexity index is 4130. The Morgan fingerprint density at radius 2 is 1.16 bits per heavy atom. The predicted molar refractivity (Wildman–Crippen MR) is 352 cm³/mol. The quantitative estimate of drug-likeness (QED) is 0.0550. The number of hydrogen-bond acceptors (Lipinski definition) is 18. The van der Waals surface area contributed by atoms with Crippen molar-refractivity contribution in [2.45, 2.75) is 104 Å². The summed E-state index contributed by atoms with van der Waals surface area (Å²) in [7, 11) is 5.63. The highest BCUT2D eigenvalue weighted by atomic mass is 79.9. The maximum Gasteiger partial charge on any atom is 0.446 e. The monoisotopic (exact) mass is 1450 g/mol. The highest BCUT2D eigenvalue weighted by Crippen LogP contribution is 2.48. The van der Waals surface area contributed by atoms with Gasteiger partial charge in [0.15, 0.2) is 23.1 Å². The third-order valence-corrected chi connectivity index (χ3v) is 21.6. The second-order valence-electron chi connectivity index (χ2n) is 20.2. The van der Waals surface area contributed by atoms with Gasteiger partial charge >= 0.3 is 12.2 Å². The number of amides is 3. The number of pyridine rings is 2. The number of hydrogen-bond donors (Lipinski definition) is 3. The molecular weight excluding hydrogens is 1400 g/mol. The Labute approximate surface area is 546 Å². The summed E-state index contributed by atoms with van der Waals surface area (Å²) in [6.07, 6.45) is 5.52. The number of aldehydes is 1. The number of carbonyl (C=O) groups is 7. The summed E-state index contributed by atoms with van der Waals surface area (Å²) < 4.78 is 35.8. The third kappa shape index (κ3) is 18.8. The first kappa shape index (κ1) is 69.4. The van der Waals surface area contributed by atoms with E-state index < -0.39 is 18.5 Å². The second-order valence-corrected chi connectivity index (χ2v) is 28.9. The number of nitrogens with one attached hydrogen (secondary N) is 3. The number of piperidine rings is 2. The fraction of sp³-hybridized carbons (Fsp3) is 0.316. The van der Waals surface area contributed by atoms with E-state index in [1.165, 1.54) is 55.8 Å². The predicted octanol–water partition coefficient (Wildman–Crippen LogP) is 9.53. The lowest BCUT2D eigenvalue weighted by molar-refractivity contribution is -0.156. The van der Waals surface area contributed by atoms with Crippen LogP contribution in [0.2, 0.25) is 0 Å². The fourth-order valence-electron chi connectivity index (χ4n) is 9.90. The van der Waals surface area contributed by atoms with E-state index in [9.17, 15) is 41.9 Å². The van der Waals surface area contributed by atoms with E-state index >= 15 is 0 Å². The van der Waals surface area contributed by atoms with Crippen LogP contribution in [0.1, 0.15) is 79.6 Å². The van der Waals surface area contributed by atoms with E-state index in [0.717, 1.165) is 46.0 Å². The maximum absolute atomic E-state index is 13.5. The summed E-state index contributed by atoms with van der Waals surface area (Å²) in [5.41, 5.74) is 5.62. The van der Waals surface area contributed by atoms with Crippen LogP contribution in [0.15, 0.2) is 107 Å². The number of aromatic nitrogens is 10. The first-order valence-corrected chi connectivity index (χ1v) is 34.8. The van der Waals surface area contributed by atoms with Gasteiger partial charge in [-0.1, -0.05) is 31.7 Å². The average Bonchev–Trinajstić information content (AvgIpc) is 1.63. The zero-order chi connectivity index (χ0) is 63.4. The van der Waals surface area contributed by atoms with Gasteiger partial charge in [-0.25, -0.2) is 34.7 Å². The first-order valence-electron chi connectivity index (χ1n) is 26.5. The van der Waals surface area contributed by atoms with Crippen molar-refractivity contribution in [1.29, 1.82) is 0 Å². The number of halogens is 5. The first-order chi connectivity index (χ1) is 42.1. The normalized spacial score (nSPS) is 17.9. The van der Waals surface area contributed by atoms with Gasteiger partial charge in [0, 0.05) is 131 Å². The maximum atomic E-state index is 13.5. The molecule has 3 amide bonds. The Morgan fingerprint density at radius 1 is 0.674 bits per heavy atom. The summed E-state index contributed by atoms with van der Waals surface area (Å²) >= 11 is 15.5. The SMILES string of the molecule is C.CC(=O)c1nn(CC(=O)[C@@H]2C[C@H]3C[C@H]3N2)c2ccc(-c3cnc(C)nc3)cc12.CC(=O)c1nn(CC(=O)[C@@H]2C[C@H]3C[C@H]3N2C(=O)Nc2cccc(Br)n2)c2ccc(-c3cnc(C)nc3)cc12.O=CC(F)(F)F.O=CNc1cccc(Br)n1.S=S=S=S=S=S. The number of fused-ring (bicyclic) bond motifs is 4. The van der Waals surface area contributed by atoms with Crippen molar-refractivity contribution < 1.29 is 46.7 Å². The summed E-state index contributed by atoms with van der Waals surface area (Å²) in [6, 6.07) is 21.6. The molecule has 3 N–H and O–H groups in total. The lowest BCUT2D eigenvalue weighted by Crippen LogP contribution is -2.46. The number of nitrogens with zero attached hydrogens (tertiary/aromatic N) is 11. The number of aryl methyl sites for hydroxylation is 2. The molecule has 12 rings (SSSR count). The van der Waals surface area contributed by atoms with Crippen molar-refractivity contribution in [1.82, 2.24) is 59.7 Å². The van der Waals surface area contributed by atoms with Crippen molar-refractivity contribution >= 4 is 165 Å². The highest BCUT2D eigenvalue weighted by molar-refractivity contribution is 9.10. The van der Waals surface area contributed by atoms with Crippen molar-refractivity contribution in [3.63, 3.8) is 0 Å². The minimum atomic E-state index is -4.64. The molecule has 32 heteroatoms. The van der Waals surface area contributed by atoms with Crippen LogP contribution in [-0.4, -0.2) is 127 Å². The van der Waals surface area contributed by atoms with Crippen LogP contribution in [0.3, 0.4) is 0 Å². The number of alkyl halides is 3. The Hall–Kier alpha value is -7.04. The van der Waals surface area contributed by atoms with Gasteiger partial charge in [0.2, 0.25) is 12.7 Å². The number of anilines is 2. The van der Waals surface area contributed by atoms with Crippen LogP contribution in [0.5, 0.6) is 0 Å². The molecule has 0 radical (unpaired) electrons. The highest BCUT2D eigenvalue weighted by Gasteiger charge is 2.56. The van der Waals surface area contributed by atoms with Gasteiger partial charge in [0.05, 0.1) is 23.1 Å². The minimum absolute atomic E-state index is 0. The largest absolute Gasteiger partial charge is 0.446 e. The molecule has 8 heterocycles. The molecule has 2 aromatic carbocycles. The molecule has 8 aromatic rings. The molecule has 89 heavy (non-hydrogen) atoms. The second kappa shape index (κ2) is 31.6. The molecule has 2 saturated heterocycles. The van der Waals surface area contributed by atoms with E-state index in [-0.39, 0.29) is 61.8 Å². The van der Waals surface area contributed by atoms with Crippen molar-refractivity contribution in [2.24, 2.45) is 11.8 Å². The van der Waals surface area contributed by atoms with Crippen LogP contribution in [-0.2, 0) is 90.2 Å². The summed E-state index contributed by atoms with van der Waals surface area (Å²) in [5.74, 6) is 3.03. The Morgan fingerprint density at radius 3 is 1.60 bits per heavy atom. The Balaban J connectivity index is 0.000000192. The average molecular weight is 1460 g/mol. The number of urea groups is 1. The number of Topliss-reactive ketones (excluding diaryl/α,β-unsaturated/α-hetero) is 4. The molecule has 4 fully saturated rings. The Kier molecular flexibility index (Phi) is 24.7. The smallest absolute Gasteiger partial charge is 0.313 e. The van der Waals surface area contributed by atoms with Gasteiger partial charge in [0.1, 0.15) is 57.0 Å². The summed E-state index contributed by atoms with van der Waals surface area (Å²) in [5, 5.41) is 19.0. The molecule has 2 saturated carbocycles. The number of ketones is 4. The number of likely N-dealkylation sites (tertiary alicyclic amines) is 1. The van der Waals surface area contributed by atoms with E-state index in [1.807, 2.05) is 50.2 Å². The van der Waals surface area contributed by atoms with Gasteiger partial charge in [-0.2, -0.15) is 23.4 Å². The van der Waals surface area contributed by atoms with Crippen molar-refractivity contribution in [2.75, 3.05) is 10.6 Å². The minimum Gasteiger partial charge on any atom is -0.313 e. The summed E-state index contributed by atoms with van der Waals surface area (Å²) in [6.45, 7) is 6.75. The van der Waals surface area contributed by atoms with Gasteiger partial charge in [-0.3, -0.25) is 43.4 Å². The summed E-state index contributed by atoms with van der Waals surface area (Å²) in [4.78, 5) is 109. The van der Waals surface area contributed by atoms with E-state index in [2.05, 4.69) is 110 Å². The zero-order valence-corrected chi connectivity index (χ0v) is 54.8. The van der Waals surface area contributed by atoms with E-state index in [0.29, 0.717) is 85.5 Å². The van der Waals surface area contributed by atoms with Crippen molar-refractivity contribution in [3.05, 3.63) is 130 Å². The van der Waals surface area contributed by atoms with Gasteiger partial charge in [-0.15, -0.1) is 0 Å². The molecule has 0 spiro atoms. The van der Waals surface area contributed by atoms with Gasteiger partial charge in [0.25, 0.3) is 0 Å². The van der Waals surface area contributed by atoms with E-state index in [4.69, 9.17) is 4.79 Å². The van der Waals surface area contributed by atoms with Crippen LogP contribution < -0.4 is 16.0 Å². The molecule has 6 atom stereocenters. The fourth-order valence-corrected chi connectivity index (χ4v) is 16.1. The number of rotatable bonds is 13. The molecule has 0 bridgehead atoms. The zero-order valence-electron chi connectivity index (χ0n) is 46.7.